The van der Waals surface area contributed by atoms with E-state index in [1.807, 2.05) is 24.4 Å². The third-order valence-electron chi connectivity index (χ3n) is 11.9. The van der Waals surface area contributed by atoms with Crippen molar-refractivity contribution in [3.05, 3.63) is 192 Å². The van der Waals surface area contributed by atoms with Crippen molar-refractivity contribution >= 4 is 48.6 Å². The van der Waals surface area contributed by atoms with E-state index in [4.69, 9.17) is 10.3 Å². The molecule has 4 nitrogen and oxygen atoms in total. The fourth-order valence-corrected chi connectivity index (χ4v) is 9.91. The van der Waals surface area contributed by atoms with Crippen LogP contribution in [0.3, 0.4) is 0 Å². The quantitative estimate of drug-likeness (QED) is 0.169. The van der Waals surface area contributed by atoms with Crippen LogP contribution in [0.5, 0.6) is 5.75 Å². The van der Waals surface area contributed by atoms with Crippen LogP contribution in [-0.4, -0.2) is 10.1 Å². The Labute approximate surface area is 383 Å². The Balaban J connectivity index is 0.00000490. The number of anilines is 2. The van der Waals surface area contributed by atoms with Gasteiger partial charge < -0.3 is 15.3 Å². The normalized spacial score (nSPS) is 13.8. The van der Waals surface area contributed by atoms with E-state index in [-0.39, 0.29) is 37.6 Å². The molecule has 10 rings (SSSR count). The van der Waals surface area contributed by atoms with Gasteiger partial charge in [0.25, 0.3) is 0 Å². The average Bonchev–Trinajstić information content (AvgIpc) is 3.85. The molecule has 0 fully saturated rings. The van der Waals surface area contributed by atoms with Crippen LogP contribution in [0, 0.1) is 6.07 Å². The number of thiophene rings is 1. The average molecular weight is 1010 g/mol. The predicted molar refractivity (Wildman–Crippen MR) is 258 cm³/mol. The largest absolute Gasteiger partial charge is 2.00 e. The number of phenols is 1. The SMILES string of the molecule is CC(C)(C)c1cc(C2[N-]c3c(-c4[c-]c(-c5ccccn5)cc5sc6ccccc6c45)cccc3N2c2ccc(-c3ccccc3)cc2-c2ccccc2)c(O)c(C(C)(C)C)c1.[Pt+2]. The van der Waals surface area contributed by atoms with E-state index in [1.165, 1.54) is 14.8 Å². The van der Waals surface area contributed by atoms with Crippen LogP contribution in [0.1, 0.15) is 64.4 Å². The first-order chi connectivity index (χ1) is 29.4. The fourth-order valence-electron chi connectivity index (χ4n) is 8.76. The van der Waals surface area contributed by atoms with Gasteiger partial charge in [0.1, 0.15) is 5.75 Å². The molecule has 2 aromatic heterocycles. The molecule has 0 amide bonds. The van der Waals surface area contributed by atoms with Crippen LogP contribution in [-0.2, 0) is 31.9 Å². The number of pyridine rings is 1. The standard InChI is InChI=1S/C56H47N3OS.Pt/c1-55(2,3)39-33-44(53(60)45(34-39)56(4,5)6)54-58-52-40(43-31-38(46-24-15-16-29-57-46)32-50-51(43)41-22-13-14-26-49(41)61-50)23-17-25-48(52)59(54)47-28-27-37(35-18-9-7-10-19-35)30-42(47)36-20-11-8-12-21-36;/h7-30,32-34,54,60H,1-6H3;/q-2;+2. The van der Waals surface area contributed by atoms with Crippen LogP contribution in [0.4, 0.5) is 17.1 Å². The van der Waals surface area contributed by atoms with E-state index < -0.39 is 6.17 Å². The Hall–Kier alpha value is -6.00. The molecule has 6 heteroatoms. The van der Waals surface area contributed by atoms with Crippen molar-refractivity contribution in [2.75, 3.05) is 4.90 Å². The number of rotatable bonds is 6. The summed E-state index contributed by atoms with van der Waals surface area (Å²) in [5, 5.41) is 20.7. The number of hydrogen-bond donors (Lipinski definition) is 1. The van der Waals surface area contributed by atoms with Crippen LogP contribution in [0.25, 0.3) is 70.1 Å². The first kappa shape index (κ1) is 41.4. The smallest absolute Gasteiger partial charge is 0.665 e. The molecule has 0 saturated heterocycles. The number of benzene rings is 7. The minimum absolute atomic E-state index is 0. The van der Waals surface area contributed by atoms with Crippen LogP contribution >= 0.6 is 11.3 Å². The number of hydrogen-bond acceptors (Lipinski definition) is 4. The number of nitrogens with zero attached hydrogens (tertiary/aromatic N) is 3. The van der Waals surface area contributed by atoms with Gasteiger partial charge in [-0.25, -0.2) is 0 Å². The zero-order valence-corrected chi connectivity index (χ0v) is 38.8. The Bertz CT molecular complexity index is 3090. The third-order valence-corrected chi connectivity index (χ3v) is 13.0. The molecule has 0 radical (unpaired) electrons. The minimum atomic E-state index is -0.585. The maximum atomic E-state index is 12.6. The molecular formula is C56H47N3OPtS. The van der Waals surface area contributed by atoms with Crippen molar-refractivity contribution in [2.45, 2.75) is 58.5 Å². The minimum Gasteiger partial charge on any atom is -0.665 e. The van der Waals surface area contributed by atoms with Crippen molar-refractivity contribution in [1.29, 1.82) is 0 Å². The van der Waals surface area contributed by atoms with Gasteiger partial charge in [0.15, 0.2) is 0 Å². The number of aromatic nitrogens is 1. The molecule has 9 aromatic rings. The second-order valence-corrected chi connectivity index (χ2v) is 19.2. The van der Waals surface area contributed by atoms with Crippen LogP contribution in [0.15, 0.2) is 164 Å². The maximum absolute atomic E-state index is 12.6. The van der Waals surface area contributed by atoms with Gasteiger partial charge in [-0.3, -0.25) is 4.98 Å². The predicted octanol–water partition coefficient (Wildman–Crippen LogP) is 16.1. The zero-order chi connectivity index (χ0) is 42.0. The van der Waals surface area contributed by atoms with E-state index in [9.17, 15) is 5.11 Å². The zero-order valence-electron chi connectivity index (χ0n) is 35.7. The van der Waals surface area contributed by atoms with Crippen molar-refractivity contribution < 1.29 is 26.2 Å². The fraction of sp³-hybridized carbons (Fsp3) is 0.161. The van der Waals surface area contributed by atoms with Gasteiger partial charge in [0.05, 0.1) is 0 Å². The summed E-state index contributed by atoms with van der Waals surface area (Å²) < 4.78 is 2.40. The Morgan fingerprint density at radius 1 is 0.629 bits per heavy atom. The summed E-state index contributed by atoms with van der Waals surface area (Å²) in [6, 6.07) is 59.6. The molecule has 1 atom stereocenters. The molecule has 0 spiro atoms. The summed E-state index contributed by atoms with van der Waals surface area (Å²) >= 11 is 1.79. The Kier molecular flexibility index (Phi) is 10.7. The van der Waals surface area contributed by atoms with E-state index >= 15 is 0 Å². The Morgan fingerprint density at radius 3 is 2.05 bits per heavy atom. The van der Waals surface area contributed by atoms with E-state index in [0.29, 0.717) is 0 Å². The molecular weight excluding hydrogens is 958 g/mol. The van der Waals surface area contributed by atoms with Crippen molar-refractivity contribution in [2.24, 2.45) is 0 Å². The summed E-state index contributed by atoms with van der Waals surface area (Å²) in [6.45, 7) is 13.2. The first-order valence-corrected chi connectivity index (χ1v) is 21.8. The summed E-state index contributed by atoms with van der Waals surface area (Å²) in [5.74, 6) is 0.283. The number of para-hydroxylation sites is 1. The molecule has 0 saturated carbocycles. The maximum Gasteiger partial charge on any atom is 2.00 e. The van der Waals surface area contributed by atoms with Crippen LogP contribution in [0.2, 0.25) is 0 Å². The van der Waals surface area contributed by atoms with Gasteiger partial charge in [0, 0.05) is 33.5 Å². The van der Waals surface area contributed by atoms with E-state index in [1.54, 1.807) is 11.3 Å². The van der Waals surface area contributed by atoms with Gasteiger partial charge in [-0.05, 0) is 90.8 Å². The Morgan fingerprint density at radius 2 is 1.34 bits per heavy atom. The molecule has 308 valence electrons. The van der Waals surface area contributed by atoms with Gasteiger partial charge in [-0.15, -0.1) is 23.4 Å². The topological polar surface area (TPSA) is 50.5 Å². The van der Waals surface area contributed by atoms with Crippen molar-refractivity contribution in [3.63, 3.8) is 0 Å². The second kappa shape index (κ2) is 16.0. The molecule has 1 aliphatic heterocycles. The first-order valence-electron chi connectivity index (χ1n) is 21.0. The molecule has 1 N–H and O–H groups in total. The van der Waals surface area contributed by atoms with E-state index in [0.717, 1.165) is 83.8 Å². The molecule has 3 heterocycles. The molecule has 0 bridgehead atoms. The van der Waals surface area contributed by atoms with Crippen molar-refractivity contribution in [3.8, 4) is 50.4 Å². The van der Waals surface area contributed by atoms with Crippen molar-refractivity contribution in [1.82, 2.24) is 4.98 Å². The third kappa shape index (κ3) is 7.31. The number of aromatic hydroxyl groups is 1. The molecule has 1 aliphatic rings. The summed E-state index contributed by atoms with van der Waals surface area (Å²) in [5.41, 5.74) is 13.4. The van der Waals surface area contributed by atoms with Gasteiger partial charge >= 0.3 is 21.1 Å². The number of phenolic OH excluding ortho intramolecular Hbond substituents is 1. The van der Waals surface area contributed by atoms with E-state index in [2.05, 4.69) is 192 Å². The summed E-state index contributed by atoms with van der Waals surface area (Å²) in [7, 11) is 0. The molecule has 1 unspecified atom stereocenters. The summed E-state index contributed by atoms with van der Waals surface area (Å²) in [6.07, 6.45) is 1.26. The van der Waals surface area contributed by atoms with Crippen LogP contribution < -0.4 is 4.90 Å². The van der Waals surface area contributed by atoms with Gasteiger partial charge in [0.2, 0.25) is 0 Å². The van der Waals surface area contributed by atoms with Gasteiger partial charge in [-0.1, -0.05) is 179 Å². The summed E-state index contributed by atoms with van der Waals surface area (Å²) in [4.78, 5) is 7.12. The van der Waals surface area contributed by atoms with Gasteiger partial charge in [-0.2, -0.15) is 11.3 Å². The second-order valence-electron chi connectivity index (χ2n) is 18.1. The molecule has 7 aromatic carbocycles. The number of fused-ring (bicyclic) bond motifs is 4. The monoisotopic (exact) mass is 1000 g/mol. The molecule has 62 heavy (non-hydrogen) atoms. The molecule has 0 aliphatic carbocycles.